The van der Waals surface area contributed by atoms with E-state index in [9.17, 15) is 10.1 Å². The predicted molar refractivity (Wildman–Crippen MR) is 88.4 cm³/mol. The molecule has 4 heteroatoms. The van der Waals surface area contributed by atoms with E-state index >= 15 is 0 Å². The van der Waals surface area contributed by atoms with E-state index in [1.54, 1.807) is 18.2 Å². The highest BCUT2D eigenvalue weighted by Gasteiger charge is 2.44. The number of carboxylic acid groups (broad SMARTS) is 1. The first-order valence-corrected chi connectivity index (χ1v) is 7.62. The van der Waals surface area contributed by atoms with Gasteiger partial charge in [0, 0.05) is 12.2 Å². The van der Waals surface area contributed by atoms with Crippen molar-refractivity contribution in [1.29, 1.82) is 5.26 Å². The Kier molecular flexibility index (Phi) is 3.79. The summed E-state index contributed by atoms with van der Waals surface area (Å²) < 4.78 is 0. The van der Waals surface area contributed by atoms with Crippen LogP contribution in [0.25, 0.3) is 0 Å². The smallest absolute Gasteiger partial charge is 0.335 e. The molecule has 0 aromatic heterocycles. The van der Waals surface area contributed by atoms with Gasteiger partial charge in [-0.05, 0) is 48.6 Å². The van der Waals surface area contributed by atoms with E-state index in [0.717, 1.165) is 35.2 Å². The monoisotopic (exact) mass is 306 g/mol. The van der Waals surface area contributed by atoms with E-state index in [1.807, 2.05) is 31.2 Å². The van der Waals surface area contributed by atoms with Gasteiger partial charge in [-0.1, -0.05) is 30.3 Å². The lowest BCUT2D eigenvalue weighted by molar-refractivity contribution is 0.0697. The first-order valence-electron chi connectivity index (χ1n) is 7.62. The van der Waals surface area contributed by atoms with Crippen molar-refractivity contribution in [2.24, 2.45) is 0 Å². The van der Waals surface area contributed by atoms with Crippen molar-refractivity contribution in [1.82, 2.24) is 0 Å². The van der Waals surface area contributed by atoms with E-state index in [2.05, 4.69) is 11.4 Å². The number of aromatic carboxylic acids is 1. The number of nitriles is 1. The molecule has 0 bridgehead atoms. The largest absolute Gasteiger partial charge is 0.478 e. The minimum atomic E-state index is -0.927. The molecule has 0 amide bonds. The summed E-state index contributed by atoms with van der Waals surface area (Å²) in [6.07, 6.45) is 1.89. The molecule has 0 saturated heterocycles. The van der Waals surface area contributed by atoms with Crippen LogP contribution in [0.5, 0.6) is 0 Å². The quantitative estimate of drug-likeness (QED) is 0.879. The summed E-state index contributed by atoms with van der Waals surface area (Å²) in [5.41, 5.74) is 4.05. The lowest BCUT2D eigenvalue weighted by atomic mass is 9.97. The molecule has 1 fully saturated rings. The van der Waals surface area contributed by atoms with Crippen LogP contribution in [0.15, 0.2) is 42.5 Å². The molecule has 0 aliphatic heterocycles. The highest BCUT2D eigenvalue weighted by atomic mass is 16.4. The molecule has 0 unspecified atom stereocenters. The molecule has 2 aromatic carbocycles. The molecule has 1 aliphatic rings. The summed E-state index contributed by atoms with van der Waals surface area (Å²) in [7, 11) is 0. The minimum Gasteiger partial charge on any atom is -0.478 e. The van der Waals surface area contributed by atoms with Gasteiger partial charge < -0.3 is 10.4 Å². The van der Waals surface area contributed by atoms with Crippen molar-refractivity contribution in [3.05, 3.63) is 64.7 Å². The summed E-state index contributed by atoms with van der Waals surface area (Å²) >= 11 is 0. The van der Waals surface area contributed by atoms with Gasteiger partial charge in [0.2, 0.25) is 0 Å². The van der Waals surface area contributed by atoms with Gasteiger partial charge in [-0.2, -0.15) is 5.26 Å². The van der Waals surface area contributed by atoms with Gasteiger partial charge in [0.05, 0.1) is 17.0 Å². The molecule has 0 atom stereocenters. The van der Waals surface area contributed by atoms with Crippen LogP contribution in [-0.2, 0) is 12.0 Å². The van der Waals surface area contributed by atoms with Crippen LogP contribution in [0.3, 0.4) is 0 Å². The third kappa shape index (κ3) is 3.04. The van der Waals surface area contributed by atoms with E-state index < -0.39 is 5.97 Å². The average molecular weight is 306 g/mol. The second kappa shape index (κ2) is 5.77. The van der Waals surface area contributed by atoms with Gasteiger partial charge in [-0.3, -0.25) is 0 Å². The summed E-state index contributed by atoms with van der Waals surface area (Å²) in [6.45, 7) is 2.56. The van der Waals surface area contributed by atoms with Crippen LogP contribution in [0, 0.1) is 18.3 Å². The normalized spacial score (nSPS) is 14.8. The van der Waals surface area contributed by atoms with Crippen molar-refractivity contribution in [3.63, 3.8) is 0 Å². The summed E-state index contributed by atoms with van der Waals surface area (Å²) in [6, 6.07) is 15.6. The lowest BCUT2D eigenvalue weighted by Crippen LogP contribution is -2.05. The summed E-state index contributed by atoms with van der Waals surface area (Å²) in [5, 5.41) is 21.6. The maximum atomic E-state index is 11.1. The zero-order valence-electron chi connectivity index (χ0n) is 13.0. The Morgan fingerprint density at radius 1 is 1.26 bits per heavy atom. The Hall–Kier alpha value is -2.80. The number of anilines is 1. The highest BCUT2D eigenvalue weighted by Crippen LogP contribution is 2.47. The Morgan fingerprint density at radius 2 is 1.96 bits per heavy atom. The van der Waals surface area contributed by atoms with Crippen molar-refractivity contribution in [2.45, 2.75) is 31.7 Å². The Morgan fingerprint density at radius 3 is 2.52 bits per heavy atom. The second-order valence-corrected chi connectivity index (χ2v) is 6.08. The van der Waals surface area contributed by atoms with Gasteiger partial charge in [0.25, 0.3) is 0 Å². The van der Waals surface area contributed by atoms with Gasteiger partial charge in [0.15, 0.2) is 0 Å². The fourth-order valence-electron chi connectivity index (χ4n) is 2.67. The number of carbonyl (C=O) groups is 1. The molecule has 0 radical (unpaired) electrons. The van der Waals surface area contributed by atoms with Gasteiger partial charge in [-0.25, -0.2) is 4.79 Å². The van der Waals surface area contributed by atoms with Crippen molar-refractivity contribution in [2.75, 3.05) is 5.32 Å². The van der Waals surface area contributed by atoms with Crippen LogP contribution in [0.2, 0.25) is 0 Å². The average Bonchev–Trinajstić information content (AvgIpc) is 3.35. The predicted octanol–water partition coefficient (Wildman–Crippen LogP) is 3.86. The maximum absolute atomic E-state index is 11.1. The van der Waals surface area contributed by atoms with E-state index in [4.69, 9.17) is 5.11 Å². The minimum absolute atomic E-state index is 0.252. The Bertz CT molecular complexity index is 784. The molecule has 23 heavy (non-hydrogen) atoms. The number of hydrogen-bond donors (Lipinski definition) is 2. The van der Waals surface area contributed by atoms with E-state index in [1.165, 1.54) is 0 Å². The summed E-state index contributed by atoms with van der Waals surface area (Å²) in [4.78, 5) is 11.1. The van der Waals surface area contributed by atoms with Crippen LogP contribution >= 0.6 is 0 Å². The number of carboxylic acids is 1. The molecule has 0 heterocycles. The zero-order valence-corrected chi connectivity index (χ0v) is 13.0. The molecule has 3 rings (SSSR count). The second-order valence-electron chi connectivity index (χ2n) is 6.08. The highest BCUT2D eigenvalue weighted by molar-refractivity contribution is 5.89. The Balaban J connectivity index is 1.70. The van der Waals surface area contributed by atoms with E-state index in [0.29, 0.717) is 6.54 Å². The van der Waals surface area contributed by atoms with Gasteiger partial charge in [0.1, 0.15) is 0 Å². The first-order chi connectivity index (χ1) is 11.0. The number of nitrogens with zero attached hydrogens (tertiary/aromatic N) is 1. The van der Waals surface area contributed by atoms with Gasteiger partial charge in [-0.15, -0.1) is 0 Å². The fourth-order valence-corrected chi connectivity index (χ4v) is 2.67. The molecule has 2 N–H and O–H groups in total. The maximum Gasteiger partial charge on any atom is 0.335 e. The Labute approximate surface area is 135 Å². The van der Waals surface area contributed by atoms with E-state index in [-0.39, 0.29) is 11.0 Å². The number of hydrogen-bond acceptors (Lipinski definition) is 3. The molecular weight excluding hydrogens is 288 g/mol. The third-order valence-electron chi connectivity index (χ3n) is 4.44. The SMILES string of the molecule is Cc1ccc(C(=O)O)cc1NCc1ccc(C2(C#N)CC2)cc1. The molecule has 1 aliphatic carbocycles. The lowest BCUT2D eigenvalue weighted by Gasteiger charge is -2.12. The van der Waals surface area contributed by atoms with Gasteiger partial charge >= 0.3 is 5.97 Å². The third-order valence-corrected chi connectivity index (χ3v) is 4.44. The molecular formula is C19H18N2O2. The van der Waals surface area contributed by atoms with Crippen molar-refractivity contribution >= 4 is 11.7 Å². The number of aryl methyl sites for hydroxylation is 1. The number of rotatable bonds is 5. The number of benzene rings is 2. The topological polar surface area (TPSA) is 73.1 Å². The molecule has 2 aromatic rings. The zero-order chi connectivity index (χ0) is 16.4. The molecule has 0 spiro atoms. The molecule has 1 saturated carbocycles. The van der Waals surface area contributed by atoms with Crippen LogP contribution in [-0.4, -0.2) is 11.1 Å². The van der Waals surface area contributed by atoms with Crippen molar-refractivity contribution < 1.29 is 9.90 Å². The van der Waals surface area contributed by atoms with Crippen LogP contribution in [0.4, 0.5) is 5.69 Å². The van der Waals surface area contributed by atoms with Crippen LogP contribution in [0.1, 0.15) is 39.9 Å². The standard InChI is InChI=1S/C19H18N2O2/c1-13-2-5-15(18(22)23)10-17(13)21-11-14-3-6-16(7-4-14)19(12-20)8-9-19/h2-7,10,21H,8-9,11H2,1H3,(H,22,23). The number of nitrogens with one attached hydrogen (secondary N) is 1. The summed E-state index contributed by atoms with van der Waals surface area (Å²) in [5.74, 6) is -0.927. The molecule has 116 valence electrons. The molecule has 4 nitrogen and oxygen atoms in total. The van der Waals surface area contributed by atoms with Crippen LogP contribution < -0.4 is 5.32 Å². The fraction of sp³-hybridized carbons (Fsp3) is 0.263. The van der Waals surface area contributed by atoms with Crippen molar-refractivity contribution in [3.8, 4) is 6.07 Å². The first kappa shape index (κ1) is 15.1.